The van der Waals surface area contributed by atoms with Crippen LogP contribution in [0, 0.1) is 22.7 Å². The largest absolute Gasteiger partial charge is 0.497 e. The number of methoxy groups -OCH3 is 2. The van der Waals surface area contributed by atoms with E-state index < -0.39 is 11.9 Å². The van der Waals surface area contributed by atoms with Gasteiger partial charge >= 0.3 is 5.97 Å². The number of nitrogens with zero attached hydrogens (tertiary/aromatic N) is 4. The third-order valence-electron chi connectivity index (χ3n) is 5.79. The number of benzene rings is 3. The Morgan fingerprint density at radius 3 is 2.33 bits per heavy atom. The summed E-state index contributed by atoms with van der Waals surface area (Å²) >= 11 is 0. The molecule has 1 aliphatic rings. The number of rotatable bonds is 3. The molecule has 1 aromatic heterocycles. The van der Waals surface area contributed by atoms with Crippen molar-refractivity contribution in [2.45, 2.75) is 12.3 Å². The van der Waals surface area contributed by atoms with Crippen LogP contribution >= 0.6 is 0 Å². The second-order valence-corrected chi connectivity index (χ2v) is 7.47. The average molecular weight is 436 g/mol. The van der Waals surface area contributed by atoms with Crippen molar-refractivity contribution in [3.05, 3.63) is 65.0 Å². The third kappa shape index (κ3) is 3.08. The summed E-state index contributed by atoms with van der Waals surface area (Å²) in [6.45, 7) is 0. The molecule has 0 amide bonds. The lowest BCUT2D eigenvalue weighted by Gasteiger charge is -2.28. The molecular formula is C25H16N4O4. The van der Waals surface area contributed by atoms with E-state index >= 15 is 0 Å². The summed E-state index contributed by atoms with van der Waals surface area (Å²) in [5, 5.41) is 20.4. The van der Waals surface area contributed by atoms with Gasteiger partial charge in [-0.25, -0.2) is 9.97 Å². The van der Waals surface area contributed by atoms with Crippen LogP contribution in [0.3, 0.4) is 0 Å². The number of fused-ring (bicyclic) bond motifs is 6. The molecule has 0 N–H and O–H groups in total. The van der Waals surface area contributed by atoms with E-state index in [0.717, 1.165) is 5.56 Å². The van der Waals surface area contributed by atoms with Crippen LogP contribution in [0.5, 0.6) is 17.2 Å². The lowest BCUT2D eigenvalue weighted by atomic mass is 9.83. The number of nitriles is 2. The van der Waals surface area contributed by atoms with Gasteiger partial charge in [-0.2, -0.15) is 10.5 Å². The van der Waals surface area contributed by atoms with E-state index in [1.54, 1.807) is 26.4 Å². The third-order valence-corrected chi connectivity index (χ3v) is 5.79. The molecule has 0 aliphatic carbocycles. The van der Waals surface area contributed by atoms with E-state index in [-0.39, 0.29) is 17.8 Å². The lowest BCUT2D eigenvalue weighted by molar-refractivity contribution is -0.135. The summed E-state index contributed by atoms with van der Waals surface area (Å²) in [7, 11) is 3.11. The van der Waals surface area contributed by atoms with Gasteiger partial charge in [-0.15, -0.1) is 0 Å². The summed E-state index contributed by atoms with van der Waals surface area (Å²) in [4.78, 5) is 21.7. The minimum Gasteiger partial charge on any atom is -0.497 e. The van der Waals surface area contributed by atoms with E-state index in [0.29, 0.717) is 44.6 Å². The molecule has 2 heterocycles. The highest BCUT2D eigenvalue weighted by Gasteiger charge is 2.35. The molecule has 0 saturated carbocycles. The smallest absolute Gasteiger partial charge is 0.312 e. The SMILES string of the molecule is COc1ccc(C2CC(=O)Oc3c2c2nc(C#N)c(C#N)nc2c2ccccc32)c(OC)c1. The Morgan fingerprint density at radius 1 is 0.970 bits per heavy atom. The molecule has 5 rings (SSSR count). The monoisotopic (exact) mass is 436 g/mol. The molecular weight excluding hydrogens is 420 g/mol. The van der Waals surface area contributed by atoms with Crippen molar-refractivity contribution in [1.82, 2.24) is 9.97 Å². The molecule has 3 aromatic carbocycles. The van der Waals surface area contributed by atoms with Crippen LogP contribution in [-0.2, 0) is 4.79 Å². The maximum absolute atomic E-state index is 12.7. The predicted octanol–water partition coefficient (Wildman–Crippen LogP) is 3.98. The average Bonchev–Trinajstić information content (AvgIpc) is 2.86. The highest BCUT2D eigenvalue weighted by molar-refractivity contribution is 6.11. The Kier molecular flexibility index (Phi) is 4.77. The Balaban J connectivity index is 1.93. The van der Waals surface area contributed by atoms with Gasteiger partial charge in [0, 0.05) is 33.9 Å². The Morgan fingerprint density at radius 2 is 1.67 bits per heavy atom. The number of esters is 1. The van der Waals surface area contributed by atoms with Crippen LogP contribution < -0.4 is 14.2 Å². The Hall–Kier alpha value is -4.69. The van der Waals surface area contributed by atoms with Crippen LogP contribution in [0.2, 0.25) is 0 Å². The van der Waals surface area contributed by atoms with Crippen LogP contribution in [-0.4, -0.2) is 30.2 Å². The molecule has 1 unspecified atom stereocenters. The maximum Gasteiger partial charge on any atom is 0.312 e. The van der Waals surface area contributed by atoms with Gasteiger partial charge in [0.1, 0.15) is 29.4 Å². The molecule has 1 aliphatic heterocycles. The molecule has 8 nitrogen and oxygen atoms in total. The minimum atomic E-state index is -0.469. The van der Waals surface area contributed by atoms with Gasteiger partial charge in [0.25, 0.3) is 0 Å². The van der Waals surface area contributed by atoms with Gasteiger partial charge in [0.2, 0.25) is 0 Å². The molecule has 4 aromatic rings. The van der Waals surface area contributed by atoms with Crippen molar-refractivity contribution in [2.24, 2.45) is 0 Å². The zero-order chi connectivity index (χ0) is 23.1. The molecule has 0 radical (unpaired) electrons. The lowest BCUT2D eigenvalue weighted by Crippen LogP contribution is -2.22. The van der Waals surface area contributed by atoms with E-state index in [1.165, 1.54) is 0 Å². The number of hydrogen-bond acceptors (Lipinski definition) is 8. The summed E-state index contributed by atoms with van der Waals surface area (Å²) < 4.78 is 16.7. The van der Waals surface area contributed by atoms with E-state index in [2.05, 4.69) is 9.97 Å². The molecule has 160 valence electrons. The normalized spacial score (nSPS) is 14.8. The number of aromatic nitrogens is 2. The van der Waals surface area contributed by atoms with Crippen LogP contribution in [0.4, 0.5) is 0 Å². The van der Waals surface area contributed by atoms with Crippen molar-refractivity contribution >= 4 is 27.8 Å². The first-order chi connectivity index (χ1) is 16.1. The van der Waals surface area contributed by atoms with Crippen molar-refractivity contribution in [3.8, 4) is 29.4 Å². The second-order valence-electron chi connectivity index (χ2n) is 7.47. The first-order valence-corrected chi connectivity index (χ1v) is 10.1. The molecule has 33 heavy (non-hydrogen) atoms. The molecule has 8 heteroatoms. The quantitative estimate of drug-likeness (QED) is 0.269. The van der Waals surface area contributed by atoms with Gasteiger partial charge < -0.3 is 14.2 Å². The fourth-order valence-electron chi connectivity index (χ4n) is 4.34. The Labute approximate surface area is 188 Å². The van der Waals surface area contributed by atoms with Gasteiger partial charge in [-0.1, -0.05) is 30.3 Å². The predicted molar refractivity (Wildman–Crippen MR) is 118 cm³/mol. The molecule has 0 bridgehead atoms. The highest BCUT2D eigenvalue weighted by atomic mass is 16.5. The summed E-state index contributed by atoms with van der Waals surface area (Å²) in [5.74, 6) is 0.673. The van der Waals surface area contributed by atoms with Gasteiger partial charge in [-0.05, 0) is 6.07 Å². The van der Waals surface area contributed by atoms with Crippen LogP contribution in [0.25, 0.3) is 21.8 Å². The van der Waals surface area contributed by atoms with E-state index in [1.807, 2.05) is 42.5 Å². The van der Waals surface area contributed by atoms with Gasteiger partial charge in [0.05, 0.1) is 31.7 Å². The van der Waals surface area contributed by atoms with Crippen LogP contribution in [0.15, 0.2) is 42.5 Å². The van der Waals surface area contributed by atoms with Crippen LogP contribution in [0.1, 0.15) is 34.9 Å². The molecule has 0 fully saturated rings. The van der Waals surface area contributed by atoms with Crippen molar-refractivity contribution in [3.63, 3.8) is 0 Å². The van der Waals surface area contributed by atoms with Gasteiger partial charge in [-0.3, -0.25) is 4.79 Å². The van der Waals surface area contributed by atoms with E-state index in [9.17, 15) is 15.3 Å². The fraction of sp³-hybridized carbons (Fsp3) is 0.160. The molecule has 0 saturated heterocycles. The molecule has 0 spiro atoms. The maximum atomic E-state index is 12.7. The van der Waals surface area contributed by atoms with E-state index in [4.69, 9.17) is 14.2 Å². The zero-order valence-corrected chi connectivity index (χ0v) is 17.7. The standard InChI is InChI=1S/C25H16N4O4/c1-31-13-7-8-14(20(9-13)32-2)17-10-21(30)33-25-16-6-4-3-5-15(16)23-24(22(17)25)29-19(12-27)18(11-26)28-23/h3-9,17H,10H2,1-2H3. The topological polar surface area (TPSA) is 118 Å². The summed E-state index contributed by atoms with van der Waals surface area (Å²) in [6, 6.07) is 16.6. The van der Waals surface area contributed by atoms with Gasteiger partial charge in [0.15, 0.2) is 11.4 Å². The Bertz CT molecular complexity index is 1550. The summed E-state index contributed by atoms with van der Waals surface area (Å²) in [5.41, 5.74) is 2.11. The number of hydrogen-bond donors (Lipinski definition) is 0. The first kappa shape index (κ1) is 20.2. The molecule has 1 atom stereocenters. The number of carbonyl (C=O) groups excluding carboxylic acids is 1. The number of ether oxygens (including phenoxy) is 3. The number of carbonyl (C=O) groups is 1. The zero-order valence-electron chi connectivity index (χ0n) is 17.7. The van der Waals surface area contributed by atoms with Crippen molar-refractivity contribution in [2.75, 3.05) is 14.2 Å². The second kappa shape index (κ2) is 7.77. The highest BCUT2D eigenvalue weighted by Crippen LogP contribution is 2.49. The fourth-order valence-corrected chi connectivity index (χ4v) is 4.34. The van der Waals surface area contributed by atoms with Crippen molar-refractivity contribution < 1.29 is 19.0 Å². The minimum absolute atomic E-state index is 0.0483. The summed E-state index contributed by atoms with van der Waals surface area (Å²) in [6.07, 6.45) is 0.0483. The van der Waals surface area contributed by atoms with Crippen molar-refractivity contribution in [1.29, 1.82) is 10.5 Å². The first-order valence-electron chi connectivity index (χ1n) is 10.1.